The van der Waals surface area contributed by atoms with E-state index in [1.54, 1.807) is 25.1 Å². The van der Waals surface area contributed by atoms with E-state index in [0.717, 1.165) is 5.52 Å². The number of methoxy groups -OCH3 is 1. The SMILES string of the molecule is COc1nccc2c(SC)c(C)[nH]c12. The van der Waals surface area contributed by atoms with Crippen LogP contribution in [0, 0.1) is 6.92 Å². The third kappa shape index (κ3) is 1.26. The highest BCUT2D eigenvalue weighted by atomic mass is 32.2. The molecule has 0 radical (unpaired) electrons. The first kappa shape index (κ1) is 9.40. The van der Waals surface area contributed by atoms with Crippen LogP contribution < -0.4 is 4.74 Å². The van der Waals surface area contributed by atoms with E-state index in [9.17, 15) is 0 Å². The minimum atomic E-state index is 0.658. The van der Waals surface area contributed by atoms with Gasteiger partial charge in [-0.3, -0.25) is 0 Å². The minimum Gasteiger partial charge on any atom is -0.479 e. The number of ether oxygens (including phenoxy) is 1. The molecule has 3 nitrogen and oxygen atoms in total. The Kier molecular flexibility index (Phi) is 2.37. The number of aromatic amines is 1. The van der Waals surface area contributed by atoms with Crippen molar-refractivity contribution in [1.29, 1.82) is 0 Å². The summed E-state index contributed by atoms with van der Waals surface area (Å²) in [6.07, 6.45) is 3.84. The van der Waals surface area contributed by atoms with E-state index < -0.39 is 0 Å². The zero-order valence-corrected chi connectivity index (χ0v) is 9.23. The van der Waals surface area contributed by atoms with Gasteiger partial charge in [0, 0.05) is 22.2 Å². The Morgan fingerprint density at radius 2 is 2.29 bits per heavy atom. The standard InChI is InChI=1S/C10H12N2OS/c1-6-9(14-3)7-4-5-11-10(13-2)8(7)12-6/h4-5,12H,1-3H3. The van der Waals surface area contributed by atoms with Gasteiger partial charge in [-0.25, -0.2) is 4.98 Å². The van der Waals surface area contributed by atoms with E-state index in [2.05, 4.69) is 23.1 Å². The van der Waals surface area contributed by atoms with E-state index in [-0.39, 0.29) is 0 Å². The third-order valence-electron chi connectivity index (χ3n) is 2.21. The highest BCUT2D eigenvalue weighted by Gasteiger charge is 2.11. The molecular formula is C10H12N2OS. The van der Waals surface area contributed by atoms with Crippen molar-refractivity contribution in [2.24, 2.45) is 0 Å². The van der Waals surface area contributed by atoms with Crippen LogP contribution in [0.1, 0.15) is 5.69 Å². The van der Waals surface area contributed by atoms with Gasteiger partial charge in [0.1, 0.15) is 5.52 Å². The second-order valence-electron chi connectivity index (χ2n) is 3.03. The summed E-state index contributed by atoms with van der Waals surface area (Å²) in [5, 5.41) is 1.18. The summed E-state index contributed by atoms with van der Waals surface area (Å²) in [5.41, 5.74) is 2.15. The predicted molar refractivity (Wildman–Crippen MR) is 59.2 cm³/mol. The molecule has 2 heterocycles. The van der Waals surface area contributed by atoms with Gasteiger partial charge in [0.15, 0.2) is 0 Å². The number of hydrogen-bond donors (Lipinski definition) is 1. The number of pyridine rings is 1. The molecule has 1 N–H and O–H groups in total. The van der Waals surface area contributed by atoms with Gasteiger partial charge >= 0.3 is 0 Å². The van der Waals surface area contributed by atoms with Crippen LogP contribution in [0.3, 0.4) is 0 Å². The second-order valence-corrected chi connectivity index (χ2v) is 3.84. The molecule has 0 atom stereocenters. The van der Waals surface area contributed by atoms with Crippen LogP contribution in [0.2, 0.25) is 0 Å². The van der Waals surface area contributed by atoms with E-state index in [1.165, 1.54) is 16.0 Å². The van der Waals surface area contributed by atoms with Crippen molar-refractivity contribution in [3.63, 3.8) is 0 Å². The predicted octanol–water partition coefficient (Wildman–Crippen LogP) is 2.60. The lowest BCUT2D eigenvalue weighted by molar-refractivity contribution is 0.402. The lowest BCUT2D eigenvalue weighted by Gasteiger charge is -1.99. The van der Waals surface area contributed by atoms with Gasteiger partial charge in [-0.05, 0) is 19.2 Å². The van der Waals surface area contributed by atoms with Crippen LogP contribution in [-0.2, 0) is 0 Å². The number of thioether (sulfide) groups is 1. The van der Waals surface area contributed by atoms with Gasteiger partial charge < -0.3 is 9.72 Å². The Balaban J connectivity index is 2.79. The fourth-order valence-corrected chi connectivity index (χ4v) is 2.36. The number of fused-ring (bicyclic) bond motifs is 1. The Labute approximate surface area is 86.9 Å². The summed E-state index contributed by atoms with van der Waals surface area (Å²) < 4.78 is 5.19. The van der Waals surface area contributed by atoms with Crippen molar-refractivity contribution in [3.8, 4) is 5.88 Å². The number of rotatable bonds is 2. The number of H-pyrrole nitrogens is 1. The van der Waals surface area contributed by atoms with Crippen LogP contribution >= 0.6 is 11.8 Å². The van der Waals surface area contributed by atoms with Gasteiger partial charge in [0.2, 0.25) is 5.88 Å². The fraction of sp³-hybridized carbons (Fsp3) is 0.300. The van der Waals surface area contributed by atoms with Gasteiger partial charge in [-0.2, -0.15) is 0 Å². The average Bonchev–Trinajstić information content (AvgIpc) is 2.52. The molecule has 0 saturated heterocycles. The first-order valence-corrected chi connectivity index (χ1v) is 5.55. The summed E-state index contributed by atoms with van der Waals surface area (Å²) in [5.74, 6) is 0.658. The number of aryl methyl sites for hydroxylation is 1. The van der Waals surface area contributed by atoms with Crippen LogP contribution in [0.15, 0.2) is 17.2 Å². The number of aromatic nitrogens is 2. The number of hydrogen-bond acceptors (Lipinski definition) is 3. The molecule has 0 aliphatic rings. The molecule has 2 aromatic rings. The largest absolute Gasteiger partial charge is 0.479 e. The fourth-order valence-electron chi connectivity index (χ4n) is 1.62. The Hall–Kier alpha value is -1.16. The maximum absolute atomic E-state index is 5.19. The van der Waals surface area contributed by atoms with Crippen molar-refractivity contribution >= 4 is 22.7 Å². The zero-order chi connectivity index (χ0) is 10.1. The first-order valence-electron chi connectivity index (χ1n) is 4.33. The molecule has 0 aromatic carbocycles. The van der Waals surface area contributed by atoms with Gasteiger partial charge in [-0.1, -0.05) is 0 Å². The van der Waals surface area contributed by atoms with Crippen molar-refractivity contribution < 1.29 is 4.74 Å². The smallest absolute Gasteiger partial charge is 0.238 e. The second kappa shape index (κ2) is 3.53. The summed E-state index contributed by atoms with van der Waals surface area (Å²) >= 11 is 1.74. The summed E-state index contributed by atoms with van der Waals surface area (Å²) in [4.78, 5) is 8.71. The maximum Gasteiger partial charge on any atom is 0.238 e. The van der Waals surface area contributed by atoms with Crippen molar-refractivity contribution in [1.82, 2.24) is 9.97 Å². The van der Waals surface area contributed by atoms with E-state index >= 15 is 0 Å². The van der Waals surface area contributed by atoms with E-state index in [1.807, 2.05) is 6.07 Å². The van der Waals surface area contributed by atoms with Crippen LogP contribution in [0.4, 0.5) is 0 Å². The summed E-state index contributed by atoms with van der Waals surface area (Å²) in [7, 11) is 1.64. The molecule has 0 bridgehead atoms. The summed E-state index contributed by atoms with van der Waals surface area (Å²) in [6.45, 7) is 2.06. The maximum atomic E-state index is 5.19. The van der Waals surface area contributed by atoms with Gasteiger partial charge in [0.25, 0.3) is 0 Å². The van der Waals surface area contributed by atoms with Crippen LogP contribution in [0.5, 0.6) is 5.88 Å². The molecule has 2 aromatic heterocycles. The Morgan fingerprint density at radius 3 is 2.93 bits per heavy atom. The monoisotopic (exact) mass is 208 g/mol. The molecule has 14 heavy (non-hydrogen) atoms. The molecule has 74 valence electrons. The topological polar surface area (TPSA) is 37.9 Å². The van der Waals surface area contributed by atoms with E-state index in [0.29, 0.717) is 5.88 Å². The molecule has 2 rings (SSSR count). The van der Waals surface area contributed by atoms with Crippen molar-refractivity contribution in [2.75, 3.05) is 13.4 Å². The van der Waals surface area contributed by atoms with Crippen molar-refractivity contribution in [2.45, 2.75) is 11.8 Å². The molecule has 0 aliphatic heterocycles. The average molecular weight is 208 g/mol. The zero-order valence-electron chi connectivity index (χ0n) is 8.42. The first-order chi connectivity index (χ1) is 6.77. The molecule has 4 heteroatoms. The lowest BCUT2D eigenvalue weighted by Crippen LogP contribution is -1.87. The lowest BCUT2D eigenvalue weighted by atomic mass is 10.3. The molecule has 0 spiro atoms. The van der Waals surface area contributed by atoms with Gasteiger partial charge in [-0.15, -0.1) is 11.8 Å². The highest BCUT2D eigenvalue weighted by Crippen LogP contribution is 2.32. The summed E-state index contributed by atoms with van der Waals surface area (Å²) in [6, 6.07) is 2.01. The molecule has 0 fully saturated rings. The number of nitrogens with one attached hydrogen (secondary N) is 1. The third-order valence-corrected chi connectivity index (χ3v) is 3.15. The molecule has 0 aliphatic carbocycles. The normalized spacial score (nSPS) is 10.8. The van der Waals surface area contributed by atoms with Gasteiger partial charge in [0.05, 0.1) is 7.11 Å². The Bertz CT molecular complexity index is 464. The molecular weight excluding hydrogens is 196 g/mol. The van der Waals surface area contributed by atoms with Crippen LogP contribution in [-0.4, -0.2) is 23.3 Å². The van der Waals surface area contributed by atoms with Crippen molar-refractivity contribution in [3.05, 3.63) is 18.0 Å². The quantitative estimate of drug-likeness (QED) is 0.771. The number of nitrogens with zero attached hydrogens (tertiary/aromatic N) is 1. The highest BCUT2D eigenvalue weighted by molar-refractivity contribution is 7.98. The van der Waals surface area contributed by atoms with E-state index in [4.69, 9.17) is 4.74 Å². The Morgan fingerprint density at radius 1 is 1.50 bits per heavy atom. The van der Waals surface area contributed by atoms with Crippen LogP contribution in [0.25, 0.3) is 10.9 Å². The minimum absolute atomic E-state index is 0.658. The molecule has 0 unspecified atom stereocenters. The molecule has 0 saturated carbocycles. The molecule has 0 amide bonds.